The van der Waals surface area contributed by atoms with Crippen molar-refractivity contribution >= 4 is 0 Å². The van der Waals surface area contributed by atoms with Crippen LogP contribution in [0, 0.1) is 0 Å². The first-order chi connectivity index (χ1) is 3.89. The van der Waals surface area contributed by atoms with E-state index < -0.39 is 6.10 Å². The largest absolute Gasteiger partial charge is 0.229 e. The molecular weight excluding hydrogens is 100 g/mol. The maximum Gasteiger partial charge on any atom is 0.112 e. The number of allylic oxidation sites excluding steroid dienone is 3. The molecule has 0 fully saturated rings. The van der Waals surface area contributed by atoms with E-state index in [-0.39, 0.29) is 0 Å². The van der Waals surface area contributed by atoms with Gasteiger partial charge in [0.15, 0.2) is 0 Å². The third kappa shape index (κ3) is 1.51. The Bertz CT molecular complexity index is 114. The molecule has 0 saturated carbocycles. The Morgan fingerprint density at radius 3 is 3.12 bits per heavy atom. The molecule has 1 unspecified atom stereocenters. The van der Waals surface area contributed by atoms with Gasteiger partial charge in [0.1, 0.15) is 6.10 Å². The van der Waals surface area contributed by atoms with Crippen LogP contribution in [0.1, 0.15) is 12.8 Å². The van der Waals surface area contributed by atoms with Gasteiger partial charge >= 0.3 is 0 Å². The minimum atomic E-state index is -0.468. The van der Waals surface area contributed by atoms with Crippen molar-refractivity contribution in [2.45, 2.75) is 18.9 Å². The SMILES string of the molecule is [O]C1C=CC=CCC1. The zero-order valence-electron chi connectivity index (χ0n) is 4.71. The van der Waals surface area contributed by atoms with Gasteiger partial charge in [-0.2, -0.15) is 0 Å². The minimum Gasteiger partial charge on any atom is -0.229 e. The van der Waals surface area contributed by atoms with Gasteiger partial charge < -0.3 is 0 Å². The molecule has 1 nitrogen and oxygen atoms in total. The number of hydrogen-bond donors (Lipinski definition) is 0. The van der Waals surface area contributed by atoms with Crippen LogP contribution in [0.2, 0.25) is 0 Å². The third-order valence-electron chi connectivity index (χ3n) is 1.19. The summed E-state index contributed by atoms with van der Waals surface area (Å²) >= 11 is 0. The van der Waals surface area contributed by atoms with Crippen LogP contribution in [0.25, 0.3) is 0 Å². The van der Waals surface area contributed by atoms with Crippen molar-refractivity contribution in [1.29, 1.82) is 0 Å². The molecule has 1 rings (SSSR count). The molecule has 0 aromatic rings. The van der Waals surface area contributed by atoms with Crippen LogP contribution in [-0.2, 0) is 5.11 Å². The van der Waals surface area contributed by atoms with Crippen molar-refractivity contribution in [3.05, 3.63) is 24.3 Å². The Hall–Kier alpha value is -0.560. The summed E-state index contributed by atoms with van der Waals surface area (Å²) < 4.78 is 0. The lowest BCUT2D eigenvalue weighted by molar-refractivity contribution is 0.123. The van der Waals surface area contributed by atoms with Gasteiger partial charge in [-0.05, 0) is 12.8 Å². The highest BCUT2D eigenvalue weighted by Gasteiger charge is 1.99. The van der Waals surface area contributed by atoms with Crippen LogP contribution < -0.4 is 0 Å². The molecule has 0 aliphatic heterocycles. The first kappa shape index (κ1) is 5.57. The zero-order valence-corrected chi connectivity index (χ0v) is 4.71. The van der Waals surface area contributed by atoms with E-state index in [9.17, 15) is 5.11 Å². The van der Waals surface area contributed by atoms with Gasteiger partial charge in [-0.15, -0.1) is 0 Å². The summed E-state index contributed by atoms with van der Waals surface area (Å²) in [5.74, 6) is 0. The normalized spacial score (nSPS) is 27.9. The summed E-state index contributed by atoms with van der Waals surface area (Å²) in [6.07, 6.45) is 8.69. The van der Waals surface area contributed by atoms with Crippen LogP contribution in [-0.4, -0.2) is 6.10 Å². The zero-order chi connectivity index (χ0) is 5.82. The second kappa shape index (κ2) is 2.68. The average Bonchev–Trinajstić information content (AvgIpc) is 1.94. The molecule has 0 N–H and O–H groups in total. The fourth-order valence-electron chi connectivity index (χ4n) is 0.720. The van der Waals surface area contributed by atoms with Crippen molar-refractivity contribution in [2.24, 2.45) is 0 Å². The highest BCUT2D eigenvalue weighted by Crippen LogP contribution is 2.04. The fourth-order valence-corrected chi connectivity index (χ4v) is 0.720. The third-order valence-corrected chi connectivity index (χ3v) is 1.19. The van der Waals surface area contributed by atoms with E-state index in [2.05, 4.69) is 0 Å². The predicted octanol–water partition coefficient (Wildman–Crippen LogP) is 1.69. The van der Waals surface area contributed by atoms with Crippen LogP contribution in [0.15, 0.2) is 24.3 Å². The van der Waals surface area contributed by atoms with Crippen molar-refractivity contribution in [3.63, 3.8) is 0 Å². The lowest BCUT2D eigenvalue weighted by Gasteiger charge is -1.93. The lowest BCUT2D eigenvalue weighted by atomic mass is 10.2. The van der Waals surface area contributed by atoms with E-state index in [1.807, 2.05) is 18.2 Å². The molecule has 0 aromatic heterocycles. The molecule has 0 saturated heterocycles. The van der Waals surface area contributed by atoms with Crippen LogP contribution in [0.4, 0.5) is 0 Å². The van der Waals surface area contributed by atoms with E-state index in [4.69, 9.17) is 0 Å². The maximum absolute atomic E-state index is 10.6. The molecule has 1 radical (unpaired) electrons. The summed E-state index contributed by atoms with van der Waals surface area (Å²) in [7, 11) is 0. The topological polar surface area (TPSA) is 19.9 Å². The highest BCUT2D eigenvalue weighted by atomic mass is 16.3. The fraction of sp³-hybridized carbons (Fsp3) is 0.429. The number of hydrogen-bond acceptors (Lipinski definition) is 0. The Balaban J connectivity index is 2.46. The summed E-state index contributed by atoms with van der Waals surface area (Å²) in [4.78, 5) is 0. The smallest absolute Gasteiger partial charge is 0.112 e. The molecule has 0 heterocycles. The first-order valence-corrected chi connectivity index (χ1v) is 2.89. The second-order valence-electron chi connectivity index (χ2n) is 1.93. The minimum absolute atomic E-state index is 0.468. The van der Waals surface area contributed by atoms with Crippen molar-refractivity contribution in [1.82, 2.24) is 0 Å². The molecule has 1 aliphatic carbocycles. The Kier molecular flexibility index (Phi) is 1.86. The molecule has 0 bridgehead atoms. The molecule has 0 spiro atoms. The lowest BCUT2D eigenvalue weighted by Crippen LogP contribution is -1.96. The standard InChI is InChI=1S/C7H9O/c8-7-5-3-1-2-4-6-7/h1-3,5,7H,4,6H2. The summed E-state index contributed by atoms with van der Waals surface area (Å²) in [5, 5.41) is 10.6. The molecule has 0 amide bonds. The van der Waals surface area contributed by atoms with Gasteiger partial charge in [0.2, 0.25) is 0 Å². The van der Waals surface area contributed by atoms with Crippen LogP contribution in [0.5, 0.6) is 0 Å². The second-order valence-corrected chi connectivity index (χ2v) is 1.93. The molecule has 1 heteroatoms. The Labute approximate surface area is 49.3 Å². The van der Waals surface area contributed by atoms with Crippen molar-refractivity contribution in [2.75, 3.05) is 0 Å². The van der Waals surface area contributed by atoms with E-state index >= 15 is 0 Å². The van der Waals surface area contributed by atoms with E-state index in [1.165, 1.54) is 0 Å². The summed E-state index contributed by atoms with van der Waals surface area (Å²) in [5.41, 5.74) is 0. The molecule has 1 atom stereocenters. The Morgan fingerprint density at radius 1 is 1.38 bits per heavy atom. The van der Waals surface area contributed by atoms with Gasteiger partial charge in [0, 0.05) is 0 Å². The van der Waals surface area contributed by atoms with E-state index in [0.717, 1.165) is 12.8 Å². The van der Waals surface area contributed by atoms with Crippen molar-refractivity contribution in [3.8, 4) is 0 Å². The average molecular weight is 109 g/mol. The molecule has 43 valence electrons. The van der Waals surface area contributed by atoms with E-state index in [1.54, 1.807) is 6.08 Å². The van der Waals surface area contributed by atoms with Gasteiger partial charge in [0.25, 0.3) is 0 Å². The maximum atomic E-state index is 10.6. The summed E-state index contributed by atoms with van der Waals surface area (Å²) in [6, 6.07) is 0. The highest BCUT2D eigenvalue weighted by molar-refractivity contribution is 5.07. The molecule has 1 aliphatic rings. The van der Waals surface area contributed by atoms with Gasteiger partial charge in [0.05, 0.1) is 0 Å². The summed E-state index contributed by atoms with van der Waals surface area (Å²) in [6.45, 7) is 0. The molecule has 8 heavy (non-hydrogen) atoms. The molecular formula is C7H9O. The van der Waals surface area contributed by atoms with Gasteiger partial charge in [-0.3, -0.25) is 0 Å². The first-order valence-electron chi connectivity index (χ1n) is 2.89. The number of rotatable bonds is 0. The quantitative estimate of drug-likeness (QED) is 0.451. The monoisotopic (exact) mass is 109 g/mol. The van der Waals surface area contributed by atoms with Gasteiger partial charge in [-0.25, -0.2) is 5.11 Å². The Morgan fingerprint density at radius 2 is 2.25 bits per heavy atom. The van der Waals surface area contributed by atoms with Crippen LogP contribution in [0.3, 0.4) is 0 Å². The van der Waals surface area contributed by atoms with Crippen molar-refractivity contribution < 1.29 is 5.11 Å². The van der Waals surface area contributed by atoms with Crippen LogP contribution >= 0.6 is 0 Å². The van der Waals surface area contributed by atoms with Gasteiger partial charge in [-0.1, -0.05) is 24.3 Å². The van der Waals surface area contributed by atoms with E-state index in [0.29, 0.717) is 0 Å². The predicted molar refractivity (Wildman–Crippen MR) is 32.0 cm³/mol. The molecule has 0 aromatic carbocycles.